The van der Waals surface area contributed by atoms with Crippen molar-refractivity contribution < 1.29 is 14.3 Å². The molecule has 1 unspecified atom stereocenters. The lowest BCUT2D eigenvalue weighted by molar-refractivity contribution is -0.117. The molecule has 1 heterocycles. The van der Waals surface area contributed by atoms with Crippen molar-refractivity contribution in [3.05, 3.63) is 58.9 Å². The highest BCUT2D eigenvalue weighted by molar-refractivity contribution is 5.96. The zero-order chi connectivity index (χ0) is 20.1. The highest BCUT2D eigenvalue weighted by Gasteiger charge is 2.27. The number of aryl methyl sites for hydroxylation is 2. The second kappa shape index (κ2) is 8.51. The van der Waals surface area contributed by atoms with Crippen molar-refractivity contribution in [2.24, 2.45) is 0 Å². The molecule has 0 bridgehead atoms. The highest BCUT2D eigenvalue weighted by Crippen LogP contribution is 2.30. The standard InChI is InChI=1S/C20H23N5O3/c1-12-5-6-13(2)17(9-12)21-20(26)16(19-22-24-25-23-19)11-14-10-15(27-3)7-8-18(14)28-4/h5-10,16H,11H2,1-4H3,(H,21,26)(H,22,23,24,25). The van der Waals surface area contributed by atoms with Gasteiger partial charge in [0.2, 0.25) is 5.91 Å². The van der Waals surface area contributed by atoms with E-state index in [0.29, 0.717) is 23.7 Å². The zero-order valence-corrected chi connectivity index (χ0v) is 16.3. The summed E-state index contributed by atoms with van der Waals surface area (Å²) in [6.45, 7) is 3.93. The summed E-state index contributed by atoms with van der Waals surface area (Å²) in [5.41, 5.74) is 3.61. The summed E-state index contributed by atoms with van der Waals surface area (Å²) in [6.07, 6.45) is 0.330. The minimum Gasteiger partial charge on any atom is -0.497 e. The molecule has 1 aromatic heterocycles. The van der Waals surface area contributed by atoms with E-state index >= 15 is 0 Å². The molecule has 0 radical (unpaired) electrons. The van der Waals surface area contributed by atoms with E-state index in [1.807, 2.05) is 50.2 Å². The van der Waals surface area contributed by atoms with Crippen molar-refractivity contribution in [2.75, 3.05) is 19.5 Å². The lowest BCUT2D eigenvalue weighted by atomic mass is 9.96. The first kappa shape index (κ1) is 19.3. The number of aromatic nitrogens is 4. The van der Waals surface area contributed by atoms with Crippen LogP contribution in [0.4, 0.5) is 5.69 Å². The molecule has 0 saturated carbocycles. The number of nitrogens with one attached hydrogen (secondary N) is 2. The van der Waals surface area contributed by atoms with Crippen LogP contribution >= 0.6 is 0 Å². The van der Waals surface area contributed by atoms with Crippen LogP contribution in [0.2, 0.25) is 0 Å². The normalized spacial score (nSPS) is 11.7. The molecule has 3 rings (SSSR count). The van der Waals surface area contributed by atoms with Crippen LogP contribution < -0.4 is 14.8 Å². The van der Waals surface area contributed by atoms with Gasteiger partial charge in [0.1, 0.15) is 17.4 Å². The Labute approximate surface area is 163 Å². The molecule has 8 heteroatoms. The smallest absolute Gasteiger partial charge is 0.235 e. The van der Waals surface area contributed by atoms with Crippen LogP contribution in [0.1, 0.15) is 28.4 Å². The summed E-state index contributed by atoms with van der Waals surface area (Å²) in [6, 6.07) is 11.4. The third kappa shape index (κ3) is 4.28. The molecule has 1 atom stereocenters. The van der Waals surface area contributed by atoms with Gasteiger partial charge in [-0.1, -0.05) is 17.3 Å². The van der Waals surface area contributed by atoms with Crippen LogP contribution in [0, 0.1) is 13.8 Å². The van der Waals surface area contributed by atoms with Crippen LogP contribution in [-0.4, -0.2) is 40.8 Å². The fourth-order valence-electron chi connectivity index (χ4n) is 2.97. The van der Waals surface area contributed by atoms with Gasteiger partial charge in [-0.2, -0.15) is 5.21 Å². The van der Waals surface area contributed by atoms with Crippen molar-refractivity contribution in [1.82, 2.24) is 20.6 Å². The first-order valence-corrected chi connectivity index (χ1v) is 8.84. The highest BCUT2D eigenvalue weighted by atomic mass is 16.5. The Morgan fingerprint density at radius 1 is 1.14 bits per heavy atom. The number of tetrazole rings is 1. The lowest BCUT2D eigenvalue weighted by Gasteiger charge is -2.17. The number of hydrogen-bond acceptors (Lipinski definition) is 6. The van der Waals surface area contributed by atoms with Gasteiger partial charge in [0, 0.05) is 5.69 Å². The van der Waals surface area contributed by atoms with Gasteiger partial charge < -0.3 is 14.8 Å². The zero-order valence-electron chi connectivity index (χ0n) is 16.3. The summed E-state index contributed by atoms with van der Waals surface area (Å²) >= 11 is 0. The number of amides is 1. The van der Waals surface area contributed by atoms with Crippen LogP contribution in [0.25, 0.3) is 0 Å². The average molecular weight is 381 g/mol. The molecule has 3 aromatic rings. The van der Waals surface area contributed by atoms with E-state index in [0.717, 1.165) is 22.4 Å². The Balaban J connectivity index is 1.92. The van der Waals surface area contributed by atoms with Gasteiger partial charge in [0.05, 0.1) is 14.2 Å². The number of aromatic amines is 1. The maximum atomic E-state index is 13.1. The van der Waals surface area contributed by atoms with E-state index in [2.05, 4.69) is 25.9 Å². The van der Waals surface area contributed by atoms with Gasteiger partial charge in [0.25, 0.3) is 0 Å². The second-order valence-electron chi connectivity index (χ2n) is 6.51. The topological polar surface area (TPSA) is 102 Å². The maximum absolute atomic E-state index is 13.1. The first-order chi connectivity index (χ1) is 13.5. The summed E-state index contributed by atoms with van der Waals surface area (Å²) in [7, 11) is 3.18. The monoisotopic (exact) mass is 381 g/mol. The molecule has 0 saturated heterocycles. The average Bonchev–Trinajstić information content (AvgIpc) is 3.23. The first-order valence-electron chi connectivity index (χ1n) is 8.84. The number of carbonyl (C=O) groups excluding carboxylic acids is 1. The Morgan fingerprint density at radius 2 is 1.96 bits per heavy atom. The third-order valence-corrected chi connectivity index (χ3v) is 4.55. The van der Waals surface area contributed by atoms with Gasteiger partial charge in [0.15, 0.2) is 5.82 Å². The molecule has 0 aliphatic heterocycles. The molecule has 1 amide bonds. The lowest BCUT2D eigenvalue weighted by Crippen LogP contribution is -2.24. The summed E-state index contributed by atoms with van der Waals surface area (Å²) < 4.78 is 10.8. The Bertz CT molecular complexity index is 956. The largest absolute Gasteiger partial charge is 0.497 e. The Kier molecular flexibility index (Phi) is 5.88. The van der Waals surface area contributed by atoms with E-state index in [1.165, 1.54) is 0 Å². The predicted molar refractivity (Wildman–Crippen MR) is 105 cm³/mol. The van der Waals surface area contributed by atoms with E-state index in [4.69, 9.17) is 9.47 Å². The molecule has 2 aromatic carbocycles. The molecule has 0 aliphatic rings. The number of H-pyrrole nitrogens is 1. The predicted octanol–water partition coefficient (Wildman–Crippen LogP) is 2.80. The summed E-state index contributed by atoms with van der Waals surface area (Å²) in [5, 5.41) is 17.1. The van der Waals surface area contributed by atoms with Gasteiger partial charge in [-0.3, -0.25) is 4.79 Å². The fraction of sp³-hybridized carbons (Fsp3) is 0.300. The number of ether oxygens (including phenoxy) is 2. The van der Waals surface area contributed by atoms with Gasteiger partial charge in [-0.25, -0.2) is 0 Å². The number of nitrogens with zero attached hydrogens (tertiary/aromatic N) is 3. The number of carbonyl (C=O) groups is 1. The van der Waals surface area contributed by atoms with Crippen LogP contribution in [0.5, 0.6) is 11.5 Å². The molecule has 8 nitrogen and oxygen atoms in total. The number of hydrogen-bond donors (Lipinski definition) is 2. The van der Waals surface area contributed by atoms with E-state index in [1.54, 1.807) is 14.2 Å². The van der Waals surface area contributed by atoms with Crippen LogP contribution in [0.3, 0.4) is 0 Å². The van der Waals surface area contributed by atoms with Crippen molar-refractivity contribution in [1.29, 1.82) is 0 Å². The quantitative estimate of drug-likeness (QED) is 0.652. The molecule has 2 N–H and O–H groups in total. The fourth-order valence-corrected chi connectivity index (χ4v) is 2.97. The van der Waals surface area contributed by atoms with Crippen LogP contribution in [-0.2, 0) is 11.2 Å². The molecule has 0 aliphatic carbocycles. The molecule has 28 heavy (non-hydrogen) atoms. The Morgan fingerprint density at radius 3 is 2.64 bits per heavy atom. The number of benzene rings is 2. The van der Waals surface area contributed by atoms with E-state index in [9.17, 15) is 4.79 Å². The van der Waals surface area contributed by atoms with Gasteiger partial charge in [-0.05, 0) is 61.2 Å². The minimum atomic E-state index is -0.653. The van der Waals surface area contributed by atoms with E-state index in [-0.39, 0.29) is 5.91 Å². The number of anilines is 1. The van der Waals surface area contributed by atoms with Gasteiger partial charge >= 0.3 is 0 Å². The SMILES string of the molecule is COc1ccc(OC)c(CC(C(=O)Nc2cc(C)ccc2C)c2nn[nH]n2)c1. The second-order valence-corrected chi connectivity index (χ2v) is 6.51. The molecule has 0 spiro atoms. The summed E-state index contributed by atoms with van der Waals surface area (Å²) in [5.74, 6) is 0.777. The molecule has 0 fully saturated rings. The van der Waals surface area contributed by atoms with Crippen LogP contribution in [0.15, 0.2) is 36.4 Å². The minimum absolute atomic E-state index is 0.222. The third-order valence-electron chi connectivity index (χ3n) is 4.55. The van der Waals surface area contributed by atoms with Crippen molar-refractivity contribution in [2.45, 2.75) is 26.2 Å². The van der Waals surface area contributed by atoms with Crippen molar-refractivity contribution >= 4 is 11.6 Å². The number of methoxy groups -OCH3 is 2. The van der Waals surface area contributed by atoms with Crippen molar-refractivity contribution in [3.8, 4) is 11.5 Å². The van der Waals surface area contributed by atoms with Gasteiger partial charge in [-0.15, -0.1) is 10.2 Å². The molecular weight excluding hydrogens is 358 g/mol. The number of rotatable bonds is 7. The van der Waals surface area contributed by atoms with E-state index < -0.39 is 5.92 Å². The van der Waals surface area contributed by atoms with Crippen molar-refractivity contribution in [3.63, 3.8) is 0 Å². The summed E-state index contributed by atoms with van der Waals surface area (Å²) in [4.78, 5) is 13.1. The Hall–Kier alpha value is -3.42. The molecule has 146 valence electrons. The maximum Gasteiger partial charge on any atom is 0.235 e. The molecular formula is C20H23N5O3.